The molecule has 0 radical (unpaired) electrons. The maximum atomic E-state index is 13.5. The van der Waals surface area contributed by atoms with E-state index in [0.717, 1.165) is 22.3 Å². The molecule has 4 aromatic carbocycles. The lowest BCUT2D eigenvalue weighted by atomic mass is 10.0. The lowest BCUT2D eigenvalue weighted by molar-refractivity contribution is 0.596. The summed E-state index contributed by atoms with van der Waals surface area (Å²) in [6.45, 7) is 1.95. The van der Waals surface area contributed by atoms with E-state index in [9.17, 15) is 8.42 Å². The van der Waals surface area contributed by atoms with Gasteiger partial charge in [0.05, 0.1) is 9.79 Å². The number of rotatable bonds is 4. The SMILES string of the molecule is Cc1ccc(S(=O)(=O)c2cc(-c3ccccc3)ccc2-c2ccccc2)cc1. The topological polar surface area (TPSA) is 34.1 Å². The van der Waals surface area contributed by atoms with Gasteiger partial charge in [-0.05, 0) is 41.8 Å². The zero-order valence-corrected chi connectivity index (χ0v) is 16.4. The highest BCUT2D eigenvalue weighted by atomic mass is 32.2. The Morgan fingerprint density at radius 1 is 0.571 bits per heavy atom. The Balaban J connectivity index is 1.95. The molecular weight excluding hydrogens is 364 g/mol. The summed E-state index contributed by atoms with van der Waals surface area (Å²) in [7, 11) is -3.67. The van der Waals surface area contributed by atoms with Crippen LogP contribution in [0.15, 0.2) is 113 Å². The molecule has 0 saturated carbocycles. The van der Waals surface area contributed by atoms with E-state index in [4.69, 9.17) is 0 Å². The normalized spacial score (nSPS) is 11.3. The zero-order valence-electron chi connectivity index (χ0n) is 15.5. The number of hydrogen-bond acceptors (Lipinski definition) is 2. The highest BCUT2D eigenvalue weighted by molar-refractivity contribution is 7.91. The van der Waals surface area contributed by atoms with Gasteiger partial charge in [0.1, 0.15) is 0 Å². The van der Waals surface area contributed by atoms with Crippen molar-refractivity contribution in [2.24, 2.45) is 0 Å². The maximum Gasteiger partial charge on any atom is 0.207 e. The largest absolute Gasteiger partial charge is 0.218 e. The van der Waals surface area contributed by atoms with Gasteiger partial charge in [-0.3, -0.25) is 0 Å². The van der Waals surface area contributed by atoms with Crippen LogP contribution in [0.5, 0.6) is 0 Å². The molecule has 138 valence electrons. The van der Waals surface area contributed by atoms with Crippen molar-refractivity contribution in [3.8, 4) is 22.3 Å². The Kier molecular flexibility index (Phi) is 4.84. The van der Waals surface area contributed by atoms with E-state index in [1.165, 1.54) is 0 Å². The van der Waals surface area contributed by atoms with Crippen LogP contribution >= 0.6 is 0 Å². The van der Waals surface area contributed by atoms with Gasteiger partial charge in [0.15, 0.2) is 0 Å². The molecule has 0 saturated heterocycles. The third-order valence-corrected chi connectivity index (χ3v) is 6.60. The minimum absolute atomic E-state index is 0.306. The first-order valence-corrected chi connectivity index (χ1v) is 10.6. The summed E-state index contributed by atoms with van der Waals surface area (Å²) < 4.78 is 27.0. The number of aryl methyl sites for hydroxylation is 1. The third-order valence-electron chi connectivity index (χ3n) is 4.79. The van der Waals surface area contributed by atoms with Gasteiger partial charge < -0.3 is 0 Å². The minimum Gasteiger partial charge on any atom is -0.218 e. The van der Waals surface area contributed by atoms with E-state index in [1.54, 1.807) is 18.2 Å². The van der Waals surface area contributed by atoms with Gasteiger partial charge in [-0.15, -0.1) is 0 Å². The standard InChI is InChI=1S/C25H20O2S/c1-19-12-15-23(16-13-19)28(26,27)25-18-22(20-8-4-2-5-9-20)14-17-24(25)21-10-6-3-7-11-21/h2-18H,1H3. The van der Waals surface area contributed by atoms with Gasteiger partial charge in [-0.1, -0.05) is 90.5 Å². The molecular formula is C25H20O2S. The fourth-order valence-corrected chi connectivity index (χ4v) is 4.76. The van der Waals surface area contributed by atoms with E-state index < -0.39 is 9.84 Å². The van der Waals surface area contributed by atoms with E-state index >= 15 is 0 Å². The summed E-state index contributed by atoms with van der Waals surface area (Å²) in [5.41, 5.74) is 4.49. The number of hydrogen-bond donors (Lipinski definition) is 0. The minimum atomic E-state index is -3.67. The smallest absolute Gasteiger partial charge is 0.207 e. The van der Waals surface area contributed by atoms with Crippen molar-refractivity contribution in [1.29, 1.82) is 0 Å². The predicted octanol–water partition coefficient (Wildman–Crippen LogP) is 6.16. The van der Waals surface area contributed by atoms with Crippen molar-refractivity contribution < 1.29 is 8.42 Å². The summed E-state index contributed by atoms with van der Waals surface area (Å²) >= 11 is 0. The highest BCUT2D eigenvalue weighted by Gasteiger charge is 2.23. The molecule has 0 aromatic heterocycles. The highest BCUT2D eigenvalue weighted by Crippen LogP contribution is 2.35. The second-order valence-electron chi connectivity index (χ2n) is 6.76. The monoisotopic (exact) mass is 384 g/mol. The molecule has 0 bridgehead atoms. The summed E-state index contributed by atoms with van der Waals surface area (Å²) in [5, 5.41) is 0. The van der Waals surface area contributed by atoms with Gasteiger partial charge in [0.2, 0.25) is 9.84 Å². The van der Waals surface area contributed by atoms with Crippen LogP contribution in [-0.4, -0.2) is 8.42 Å². The summed E-state index contributed by atoms with van der Waals surface area (Å²) in [6, 6.07) is 32.1. The molecule has 2 nitrogen and oxygen atoms in total. The maximum absolute atomic E-state index is 13.5. The molecule has 3 heteroatoms. The first-order chi connectivity index (χ1) is 13.6. The van der Waals surface area contributed by atoms with Gasteiger partial charge in [0, 0.05) is 5.56 Å². The Morgan fingerprint density at radius 3 is 1.75 bits per heavy atom. The molecule has 0 amide bonds. The van der Waals surface area contributed by atoms with Crippen molar-refractivity contribution in [1.82, 2.24) is 0 Å². The lowest BCUT2D eigenvalue weighted by Crippen LogP contribution is -2.04. The molecule has 0 aliphatic heterocycles. The van der Waals surface area contributed by atoms with Crippen LogP contribution in [-0.2, 0) is 9.84 Å². The quantitative estimate of drug-likeness (QED) is 0.422. The molecule has 0 atom stereocenters. The van der Waals surface area contributed by atoms with Gasteiger partial charge in [0.25, 0.3) is 0 Å². The molecule has 0 fully saturated rings. The van der Waals surface area contributed by atoms with Crippen LogP contribution in [0.25, 0.3) is 22.3 Å². The van der Waals surface area contributed by atoms with Crippen LogP contribution < -0.4 is 0 Å². The molecule has 4 aromatic rings. The number of benzene rings is 4. The fraction of sp³-hybridized carbons (Fsp3) is 0.0400. The molecule has 28 heavy (non-hydrogen) atoms. The summed E-state index contributed by atoms with van der Waals surface area (Å²) in [5.74, 6) is 0. The van der Waals surface area contributed by atoms with E-state index in [2.05, 4.69) is 0 Å². The van der Waals surface area contributed by atoms with Crippen molar-refractivity contribution in [3.05, 3.63) is 109 Å². The zero-order chi connectivity index (χ0) is 19.6. The Bertz CT molecular complexity index is 1190. The van der Waals surface area contributed by atoms with E-state index in [-0.39, 0.29) is 0 Å². The fourth-order valence-electron chi connectivity index (χ4n) is 3.26. The summed E-state index contributed by atoms with van der Waals surface area (Å²) in [4.78, 5) is 0.629. The molecule has 0 aliphatic rings. The second-order valence-corrected chi connectivity index (χ2v) is 8.68. The van der Waals surface area contributed by atoms with Crippen LogP contribution in [0.1, 0.15) is 5.56 Å². The van der Waals surface area contributed by atoms with Gasteiger partial charge in [-0.2, -0.15) is 0 Å². The first-order valence-electron chi connectivity index (χ1n) is 9.12. The lowest BCUT2D eigenvalue weighted by Gasteiger charge is -2.14. The van der Waals surface area contributed by atoms with Crippen molar-refractivity contribution in [2.75, 3.05) is 0 Å². The molecule has 0 unspecified atom stereocenters. The Morgan fingerprint density at radius 2 is 1.14 bits per heavy atom. The Labute approximate surface area is 166 Å². The molecule has 4 rings (SSSR count). The molecule has 0 aliphatic carbocycles. The summed E-state index contributed by atoms with van der Waals surface area (Å²) in [6.07, 6.45) is 0. The van der Waals surface area contributed by atoms with Gasteiger partial charge >= 0.3 is 0 Å². The average molecular weight is 385 g/mol. The first kappa shape index (κ1) is 18.2. The van der Waals surface area contributed by atoms with E-state index in [1.807, 2.05) is 91.9 Å². The van der Waals surface area contributed by atoms with E-state index in [0.29, 0.717) is 15.4 Å². The second kappa shape index (κ2) is 7.45. The van der Waals surface area contributed by atoms with Crippen LogP contribution in [0.4, 0.5) is 0 Å². The van der Waals surface area contributed by atoms with Crippen molar-refractivity contribution in [3.63, 3.8) is 0 Å². The molecule has 0 spiro atoms. The Hall–Kier alpha value is -3.17. The van der Waals surface area contributed by atoms with Crippen LogP contribution in [0, 0.1) is 6.92 Å². The predicted molar refractivity (Wildman–Crippen MR) is 114 cm³/mol. The average Bonchev–Trinajstić information content (AvgIpc) is 2.75. The van der Waals surface area contributed by atoms with Gasteiger partial charge in [-0.25, -0.2) is 8.42 Å². The van der Waals surface area contributed by atoms with Crippen molar-refractivity contribution in [2.45, 2.75) is 16.7 Å². The van der Waals surface area contributed by atoms with Crippen LogP contribution in [0.2, 0.25) is 0 Å². The van der Waals surface area contributed by atoms with Crippen LogP contribution in [0.3, 0.4) is 0 Å². The third kappa shape index (κ3) is 3.49. The number of sulfone groups is 1. The van der Waals surface area contributed by atoms with Crippen molar-refractivity contribution >= 4 is 9.84 Å². The molecule has 0 N–H and O–H groups in total. The molecule has 0 heterocycles.